The lowest BCUT2D eigenvalue weighted by atomic mass is 10.2. The first kappa shape index (κ1) is 17.1. The van der Waals surface area contributed by atoms with Gasteiger partial charge in [-0.25, -0.2) is 9.37 Å². The number of aromatic nitrogens is 2. The lowest BCUT2D eigenvalue weighted by Gasteiger charge is -2.36. The third kappa shape index (κ3) is 4.04. The monoisotopic (exact) mass is 344 g/mol. The van der Waals surface area contributed by atoms with Gasteiger partial charge in [-0.15, -0.1) is 0 Å². The topological polar surface area (TPSA) is 58.4 Å². The minimum absolute atomic E-state index is 0.00633. The van der Waals surface area contributed by atoms with Crippen LogP contribution in [-0.2, 0) is 17.8 Å². The van der Waals surface area contributed by atoms with Gasteiger partial charge in [0.25, 0.3) is 5.56 Å². The van der Waals surface area contributed by atoms with Crippen LogP contribution in [0.25, 0.3) is 0 Å². The number of halogens is 1. The third-order valence-electron chi connectivity index (χ3n) is 4.43. The van der Waals surface area contributed by atoms with Crippen molar-refractivity contribution in [2.45, 2.75) is 19.9 Å². The first-order chi connectivity index (χ1) is 12.1. The summed E-state index contributed by atoms with van der Waals surface area (Å²) in [7, 11) is 0. The van der Waals surface area contributed by atoms with Gasteiger partial charge in [-0.2, -0.15) is 0 Å². The number of rotatable bonds is 4. The van der Waals surface area contributed by atoms with Gasteiger partial charge in [-0.3, -0.25) is 14.2 Å². The highest BCUT2D eigenvalue weighted by molar-refractivity contribution is 5.76. The van der Waals surface area contributed by atoms with E-state index in [1.807, 2.05) is 6.92 Å². The molecule has 1 saturated heterocycles. The van der Waals surface area contributed by atoms with Crippen LogP contribution in [0.5, 0.6) is 0 Å². The fourth-order valence-electron chi connectivity index (χ4n) is 2.89. The van der Waals surface area contributed by atoms with Crippen molar-refractivity contribution in [3.8, 4) is 0 Å². The number of amides is 1. The summed E-state index contributed by atoms with van der Waals surface area (Å²) in [5.41, 5.74) is 1.47. The molecule has 1 fully saturated rings. The molecule has 0 spiro atoms. The van der Waals surface area contributed by atoms with E-state index in [1.165, 1.54) is 29.1 Å². The molecule has 0 saturated carbocycles. The second-order valence-corrected chi connectivity index (χ2v) is 6.04. The summed E-state index contributed by atoms with van der Waals surface area (Å²) >= 11 is 0. The van der Waals surface area contributed by atoms with Crippen LogP contribution in [0.1, 0.15) is 12.6 Å². The Bertz CT molecular complexity index is 795. The Hall–Kier alpha value is -2.70. The Morgan fingerprint density at radius 3 is 2.44 bits per heavy atom. The van der Waals surface area contributed by atoms with Crippen LogP contribution in [0.3, 0.4) is 0 Å². The molecule has 2 heterocycles. The largest absolute Gasteiger partial charge is 0.368 e. The maximum atomic E-state index is 13.0. The molecule has 7 heteroatoms. The first-order valence-electron chi connectivity index (χ1n) is 8.40. The quantitative estimate of drug-likeness (QED) is 0.839. The average molecular weight is 344 g/mol. The molecule has 0 N–H and O–H groups in total. The molecular weight excluding hydrogens is 323 g/mol. The second kappa shape index (κ2) is 7.46. The minimum Gasteiger partial charge on any atom is -0.368 e. The number of carbonyl (C=O) groups is 1. The molecule has 0 atom stereocenters. The Morgan fingerprint density at radius 1 is 1.16 bits per heavy atom. The molecular formula is C18H21FN4O2. The van der Waals surface area contributed by atoms with Crippen molar-refractivity contribution in [3.05, 3.63) is 58.5 Å². The first-order valence-corrected chi connectivity index (χ1v) is 8.40. The Labute approximate surface area is 145 Å². The molecule has 1 amide bonds. The smallest absolute Gasteiger partial charge is 0.253 e. The number of hydrogen-bond acceptors (Lipinski definition) is 4. The van der Waals surface area contributed by atoms with Gasteiger partial charge < -0.3 is 9.80 Å². The predicted molar refractivity (Wildman–Crippen MR) is 93.1 cm³/mol. The summed E-state index contributed by atoms with van der Waals surface area (Å²) in [4.78, 5) is 32.5. The van der Waals surface area contributed by atoms with Crippen molar-refractivity contribution >= 4 is 11.6 Å². The van der Waals surface area contributed by atoms with Crippen molar-refractivity contribution in [2.75, 3.05) is 31.1 Å². The zero-order chi connectivity index (χ0) is 17.8. The van der Waals surface area contributed by atoms with E-state index >= 15 is 0 Å². The molecule has 0 radical (unpaired) electrons. The Morgan fingerprint density at radius 2 is 1.84 bits per heavy atom. The van der Waals surface area contributed by atoms with E-state index in [1.54, 1.807) is 17.0 Å². The zero-order valence-corrected chi connectivity index (χ0v) is 14.2. The van der Waals surface area contributed by atoms with E-state index in [9.17, 15) is 14.0 Å². The van der Waals surface area contributed by atoms with Gasteiger partial charge in [0, 0.05) is 43.6 Å². The van der Waals surface area contributed by atoms with Gasteiger partial charge >= 0.3 is 0 Å². The van der Waals surface area contributed by atoms with Crippen LogP contribution in [0.2, 0.25) is 0 Å². The minimum atomic E-state index is -0.259. The maximum Gasteiger partial charge on any atom is 0.253 e. The second-order valence-electron chi connectivity index (χ2n) is 6.04. The molecule has 0 unspecified atom stereocenters. The summed E-state index contributed by atoms with van der Waals surface area (Å²) in [6, 6.07) is 7.83. The van der Waals surface area contributed by atoms with Gasteiger partial charge in [-0.1, -0.05) is 6.92 Å². The van der Waals surface area contributed by atoms with Gasteiger partial charge in [0.05, 0.1) is 6.33 Å². The normalized spacial score (nSPS) is 14.6. The molecule has 1 aromatic heterocycles. The summed E-state index contributed by atoms with van der Waals surface area (Å²) in [6.45, 7) is 4.44. The molecule has 1 aliphatic heterocycles. The maximum absolute atomic E-state index is 13.0. The fourth-order valence-corrected chi connectivity index (χ4v) is 2.89. The van der Waals surface area contributed by atoms with Crippen LogP contribution in [0.15, 0.2) is 41.5 Å². The third-order valence-corrected chi connectivity index (χ3v) is 4.43. The molecule has 1 aliphatic rings. The van der Waals surface area contributed by atoms with Crippen LogP contribution in [0, 0.1) is 5.82 Å². The van der Waals surface area contributed by atoms with E-state index in [4.69, 9.17) is 0 Å². The molecule has 6 nitrogen and oxygen atoms in total. The highest BCUT2D eigenvalue weighted by Gasteiger charge is 2.21. The van der Waals surface area contributed by atoms with E-state index in [2.05, 4.69) is 9.88 Å². The Balaban J connectivity index is 1.58. The summed E-state index contributed by atoms with van der Waals surface area (Å²) in [5.74, 6) is -0.349. The molecule has 1 aromatic carbocycles. The van der Waals surface area contributed by atoms with Crippen molar-refractivity contribution in [1.29, 1.82) is 0 Å². The van der Waals surface area contributed by atoms with E-state index < -0.39 is 0 Å². The SMILES string of the molecule is CCc1cc(=O)n(CC(=O)N2CCN(c3ccc(F)cc3)CC2)cn1. The van der Waals surface area contributed by atoms with Gasteiger partial charge in [0.15, 0.2) is 0 Å². The average Bonchev–Trinajstić information content (AvgIpc) is 2.64. The molecule has 25 heavy (non-hydrogen) atoms. The number of aryl methyl sites for hydroxylation is 1. The van der Waals surface area contributed by atoms with Crippen LogP contribution < -0.4 is 10.5 Å². The molecule has 132 valence electrons. The standard InChI is InChI=1S/C18H21FN4O2/c1-2-15-11-17(24)23(13-20-15)12-18(25)22-9-7-21(8-10-22)16-5-3-14(19)4-6-16/h3-6,11,13H,2,7-10,12H2,1H3. The van der Waals surface area contributed by atoms with E-state index in [-0.39, 0.29) is 23.8 Å². The zero-order valence-electron chi connectivity index (χ0n) is 14.2. The highest BCUT2D eigenvalue weighted by Crippen LogP contribution is 2.17. The van der Waals surface area contributed by atoms with E-state index in [0.29, 0.717) is 32.6 Å². The summed E-state index contributed by atoms with van der Waals surface area (Å²) in [6.07, 6.45) is 2.13. The van der Waals surface area contributed by atoms with Crippen molar-refractivity contribution in [1.82, 2.24) is 14.5 Å². The van der Waals surface area contributed by atoms with Crippen LogP contribution in [0.4, 0.5) is 10.1 Å². The molecule has 0 bridgehead atoms. The number of hydrogen-bond donors (Lipinski definition) is 0. The number of carbonyl (C=O) groups excluding carboxylic acids is 1. The van der Waals surface area contributed by atoms with Crippen molar-refractivity contribution in [3.63, 3.8) is 0 Å². The highest BCUT2D eigenvalue weighted by atomic mass is 19.1. The lowest BCUT2D eigenvalue weighted by Crippen LogP contribution is -2.50. The van der Waals surface area contributed by atoms with Crippen molar-refractivity contribution < 1.29 is 9.18 Å². The number of benzene rings is 1. The van der Waals surface area contributed by atoms with Crippen molar-refractivity contribution in [2.24, 2.45) is 0 Å². The summed E-state index contributed by atoms with van der Waals surface area (Å²) < 4.78 is 14.3. The van der Waals surface area contributed by atoms with Crippen LogP contribution in [-0.4, -0.2) is 46.5 Å². The van der Waals surface area contributed by atoms with Crippen LogP contribution >= 0.6 is 0 Å². The molecule has 3 rings (SSSR count). The number of piperazine rings is 1. The summed E-state index contributed by atoms with van der Waals surface area (Å²) in [5, 5.41) is 0. The molecule has 0 aliphatic carbocycles. The predicted octanol–water partition coefficient (Wildman–Crippen LogP) is 1.29. The Kier molecular flexibility index (Phi) is 5.11. The van der Waals surface area contributed by atoms with Gasteiger partial charge in [0.1, 0.15) is 12.4 Å². The number of nitrogens with zero attached hydrogens (tertiary/aromatic N) is 4. The number of anilines is 1. The van der Waals surface area contributed by atoms with Gasteiger partial charge in [0.2, 0.25) is 5.91 Å². The van der Waals surface area contributed by atoms with Gasteiger partial charge in [-0.05, 0) is 30.7 Å². The van der Waals surface area contributed by atoms with E-state index in [0.717, 1.165) is 11.4 Å². The molecule has 2 aromatic rings. The fraction of sp³-hybridized carbons (Fsp3) is 0.389. The lowest BCUT2D eigenvalue weighted by molar-refractivity contribution is -0.132.